The lowest BCUT2D eigenvalue weighted by Crippen LogP contribution is -2.56. The van der Waals surface area contributed by atoms with Crippen molar-refractivity contribution in [3.8, 4) is 0 Å². The largest absolute Gasteiger partial charge is 0.423 e. The van der Waals surface area contributed by atoms with Gasteiger partial charge in [-0.25, -0.2) is 9.82 Å². The smallest absolute Gasteiger partial charge is 0.370 e. The van der Waals surface area contributed by atoms with Gasteiger partial charge in [-0.3, -0.25) is 9.80 Å². The molecule has 0 saturated heterocycles. The number of halogens is 2. The number of aliphatic hydroxyl groups is 3. The third kappa shape index (κ3) is 5.63. The Balaban J connectivity index is 1.99. The zero-order valence-corrected chi connectivity index (χ0v) is 19.7. The number of benzene rings is 2. The summed E-state index contributed by atoms with van der Waals surface area (Å²) in [6.45, 7) is 8.96. The molecule has 1 aliphatic heterocycles. The Kier molecular flexibility index (Phi) is 7.30. The molecule has 1 unspecified atom stereocenters. The average Bonchev–Trinajstić information content (AvgIpc) is 3.16. The zero-order valence-electron chi connectivity index (χ0n) is 18.9. The Morgan fingerprint density at radius 2 is 1.85 bits per heavy atom. The van der Waals surface area contributed by atoms with Crippen molar-refractivity contribution in [2.24, 2.45) is 5.10 Å². The van der Waals surface area contributed by atoms with Crippen LogP contribution in [0.4, 0.5) is 10.1 Å². The van der Waals surface area contributed by atoms with Gasteiger partial charge in [-0.05, 0) is 74.9 Å². The third-order valence-corrected chi connectivity index (χ3v) is 5.97. The highest BCUT2D eigenvalue weighted by Gasteiger charge is 2.36. The maximum absolute atomic E-state index is 14.8. The number of hydrogen-bond acceptors (Lipinski definition) is 8. The van der Waals surface area contributed by atoms with Gasteiger partial charge in [-0.1, -0.05) is 23.7 Å². The molecule has 0 spiro atoms. The number of hydrogen-bond donors (Lipinski definition) is 4. The van der Waals surface area contributed by atoms with Gasteiger partial charge in [-0.2, -0.15) is 0 Å². The van der Waals surface area contributed by atoms with Crippen LogP contribution >= 0.6 is 11.6 Å². The Bertz CT molecular complexity index is 1090. The Morgan fingerprint density at radius 3 is 2.45 bits per heavy atom. The molecule has 10 heteroatoms. The van der Waals surface area contributed by atoms with Crippen molar-refractivity contribution in [3.05, 3.63) is 75.9 Å². The molecule has 0 saturated carbocycles. The molecule has 1 aliphatic rings. The number of aryl methyl sites for hydroxylation is 2. The Morgan fingerprint density at radius 1 is 1.18 bits per heavy atom. The topological polar surface area (TPSA) is 101 Å². The predicted octanol–water partition coefficient (Wildman–Crippen LogP) is 2.70. The van der Waals surface area contributed by atoms with Gasteiger partial charge in [0.2, 0.25) is 11.8 Å². The van der Waals surface area contributed by atoms with E-state index in [0.29, 0.717) is 21.8 Å². The van der Waals surface area contributed by atoms with E-state index in [1.54, 1.807) is 37.1 Å². The van der Waals surface area contributed by atoms with Crippen LogP contribution in [0.3, 0.4) is 0 Å². The quantitative estimate of drug-likeness (QED) is 0.433. The van der Waals surface area contributed by atoms with Crippen molar-refractivity contribution in [1.29, 1.82) is 0 Å². The van der Waals surface area contributed by atoms with Crippen molar-refractivity contribution in [1.82, 2.24) is 10.3 Å². The van der Waals surface area contributed by atoms with Gasteiger partial charge in [0.15, 0.2) is 0 Å². The maximum atomic E-state index is 14.8. The van der Waals surface area contributed by atoms with Gasteiger partial charge in [0, 0.05) is 17.1 Å². The van der Waals surface area contributed by atoms with Crippen molar-refractivity contribution < 1.29 is 24.4 Å². The highest BCUT2D eigenvalue weighted by molar-refractivity contribution is 6.30. The first-order chi connectivity index (χ1) is 15.4. The normalized spacial score (nSPS) is 14.7. The monoisotopic (exact) mass is 478 g/mol. The average molecular weight is 479 g/mol. The molecule has 1 heterocycles. The zero-order chi connectivity index (χ0) is 24.5. The number of nitrogens with zero attached hydrogens (tertiary/aromatic N) is 3. The van der Waals surface area contributed by atoms with Crippen LogP contribution in [0.1, 0.15) is 22.3 Å². The number of nitrogens with one attached hydrogen (secondary N) is 1. The van der Waals surface area contributed by atoms with E-state index in [0.717, 1.165) is 16.0 Å². The summed E-state index contributed by atoms with van der Waals surface area (Å²) in [6, 6.07) is 7.33. The van der Waals surface area contributed by atoms with Gasteiger partial charge < -0.3 is 20.1 Å². The maximum Gasteiger partial charge on any atom is 0.370 e. The SMILES string of the molecule is C=C1NN=C(C(Cc2c(F)ccc(C)c2C)N(C)CN(c2cc(Cl)ccc2C)C(O)(O)O)O1. The summed E-state index contributed by atoms with van der Waals surface area (Å²) in [4.78, 5) is 2.61. The van der Waals surface area contributed by atoms with E-state index in [4.69, 9.17) is 16.3 Å². The minimum Gasteiger partial charge on any atom is -0.423 e. The minimum absolute atomic E-state index is 0.168. The molecule has 4 N–H and O–H groups in total. The highest BCUT2D eigenvalue weighted by atomic mass is 35.5. The summed E-state index contributed by atoms with van der Waals surface area (Å²) >= 11 is 6.10. The van der Waals surface area contributed by atoms with Crippen molar-refractivity contribution >= 4 is 23.2 Å². The second kappa shape index (κ2) is 9.66. The van der Waals surface area contributed by atoms with Crippen LogP contribution in [0, 0.1) is 26.6 Å². The third-order valence-electron chi connectivity index (χ3n) is 5.73. The van der Waals surface area contributed by atoms with E-state index in [9.17, 15) is 19.7 Å². The molecule has 1 atom stereocenters. The number of rotatable bonds is 8. The second-order valence-electron chi connectivity index (χ2n) is 8.13. The van der Waals surface area contributed by atoms with Gasteiger partial charge in [-0.15, -0.1) is 5.10 Å². The van der Waals surface area contributed by atoms with Crippen LogP contribution in [0.25, 0.3) is 0 Å². The molecule has 178 valence electrons. The lowest BCUT2D eigenvalue weighted by molar-refractivity contribution is -0.312. The summed E-state index contributed by atoms with van der Waals surface area (Å²) < 4.78 is 20.4. The van der Waals surface area contributed by atoms with Gasteiger partial charge >= 0.3 is 6.10 Å². The lowest BCUT2D eigenvalue weighted by atomic mass is 9.96. The molecule has 0 amide bonds. The second-order valence-corrected chi connectivity index (χ2v) is 8.57. The van der Waals surface area contributed by atoms with E-state index < -0.39 is 12.1 Å². The summed E-state index contributed by atoms with van der Waals surface area (Å²) in [5.74, 6) is 0.0726. The van der Waals surface area contributed by atoms with E-state index in [-0.39, 0.29) is 30.7 Å². The Labute approximate surface area is 197 Å². The van der Waals surface area contributed by atoms with E-state index in [2.05, 4.69) is 17.1 Å². The summed E-state index contributed by atoms with van der Waals surface area (Å²) in [5, 5.41) is 34.8. The summed E-state index contributed by atoms with van der Waals surface area (Å²) in [6.07, 6.45) is -3.03. The molecule has 0 aromatic heterocycles. The number of ether oxygens (including phenoxy) is 1. The van der Waals surface area contributed by atoms with E-state index >= 15 is 0 Å². The molecular formula is C23H28ClFN4O4. The molecular weight excluding hydrogens is 451 g/mol. The fraction of sp³-hybridized carbons (Fsp3) is 0.348. The number of anilines is 1. The molecule has 0 bridgehead atoms. The molecule has 0 fully saturated rings. The lowest BCUT2D eigenvalue weighted by Gasteiger charge is -2.38. The van der Waals surface area contributed by atoms with Crippen LogP contribution < -0.4 is 10.3 Å². The molecule has 2 aromatic carbocycles. The first-order valence-corrected chi connectivity index (χ1v) is 10.6. The molecule has 0 radical (unpaired) electrons. The van der Waals surface area contributed by atoms with Crippen molar-refractivity contribution in [3.63, 3.8) is 0 Å². The molecule has 0 aliphatic carbocycles. The minimum atomic E-state index is -3.20. The van der Waals surface area contributed by atoms with Crippen LogP contribution in [-0.2, 0) is 11.2 Å². The van der Waals surface area contributed by atoms with Gasteiger partial charge in [0.25, 0.3) is 0 Å². The van der Waals surface area contributed by atoms with Crippen molar-refractivity contribution in [2.45, 2.75) is 39.3 Å². The molecule has 8 nitrogen and oxygen atoms in total. The van der Waals surface area contributed by atoms with Crippen molar-refractivity contribution in [2.75, 3.05) is 18.6 Å². The molecule has 33 heavy (non-hydrogen) atoms. The highest BCUT2D eigenvalue weighted by Crippen LogP contribution is 2.29. The van der Waals surface area contributed by atoms with Gasteiger partial charge in [0.1, 0.15) is 5.82 Å². The Hall–Kier alpha value is -2.69. The molecule has 3 rings (SSSR count). The van der Waals surface area contributed by atoms with Crippen LogP contribution in [0.2, 0.25) is 5.02 Å². The predicted molar refractivity (Wildman–Crippen MR) is 125 cm³/mol. The van der Waals surface area contributed by atoms with Gasteiger partial charge in [0.05, 0.1) is 12.7 Å². The number of likely N-dealkylation sites (N-methyl/N-ethyl adjacent to an activating group) is 1. The van der Waals surface area contributed by atoms with E-state index in [1.165, 1.54) is 12.1 Å². The van der Waals surface area contributed by atoms with Crippen LogP contribution in [-0.4, -0.2) is 52.0 Å². The van der Waals surface area contributed by atoms with Crippen LogP contribution in [0.5, 0.6) is 0 Å². The first-order valence-electron chi connectivity index (χ1n) is 10.2. The standard InChI is InChI=1S/C23H28ClFN4O4/c1-13-7-9-19(25)18(15(13)3)11-21(22-27-26-16(4)33-22)28(5)12-29(23(30,31)32)20-10-17(24)8-6-14(20)2/h6-10,21,26,30-32H,4,11-12H2,1-3,5H3. The fourth-order valence-electron chi connectivity index (χ4n) is 3.68. The van der Waals surface area contributed by atoms with E-state index in [1.807, 2.05) is 13.8 Å². The molecule has 2 aromatic rings. The fourth-order valence-corrected chi connectivity index (χ4v) is 3.84. The number of hydrazone groups is 1. The van der Waals surface area contributed by atoms with Crippen LogP contribution in [0.15, 0.2) is 47.9 Å². The summed E-state index contributed by atoms with van der Waals surface area (Å²) in [5.41, 5.74) is 5.79. The first kappa shape index (κ1) is 24.9. The summed E-state index contributed by atoms with van der Waals surface area (Å²) in [7, 11) is 1.67.